The zero-order valence-electron chi connectivity index (χ0n) is 19.9. The van der Waals surface area contributed by atoms with E-state index in [0.29, 0.717) is 5.56 Å². The van der Waals surface area contributed by atoms with Gasteiger partial charge in [-0.3, -0.25) is 14.7 Å². The number of hydrogen-bond donors (Lipinski definition) is 1. The standard InChI is InChI=1S/C25H32NO7P/c1-17(2)32-34(30,33-18(3)4)24-16-22(20-11-8-12-21(15-20)26(28)29)25(23(31-24)13-14-27)19-9-6-5-7-10-19/h5-12,15-18,22-23,25,27H,13-14H2,1-4H3/t22-,23+,25-/m0/s1. The second kappa shape index (κ2) is 11.3. The van der Waals surface area contributed by atoms with Gasteiger partial charge in [-0.1, -0.05) is 42.5 Å². The molecule has 1 aliphatic heterocycles. The third-order valence-electron chi connectivity index (χ3n) is 5.41. The number of ether oxygens (including phenoxy) is 1. The summed E-state index contributed by atoms with van der Waals surface area (Å²) in [4.78, 5) is 11.0. The van der Waals surface area contributed by atoms with Crippen molar-refractivity contribution in [2.24, 2.45) is 0 Å². The summed E-state index contributed by atoms with van der Waals surface area (Å²) < 4.78 is 31.7. The molecule has 0 fully saturated rings. The average Bonchev–Trinajstić information content (AvgIpc) is 2.78. The molecule has 3 atom stereocenters. The average molecular weight is 490 g/mol. The molecule has 0 amide bonds. The molecule has 9 heteroatoms. The molecular weight excluding hydrogens is 457 g/mol. The topological polar surface area (TPSA) is 108 Å². The molecule has 0 spiro atoms. The highest BCUT2D eigenvalue weighted by Gasteiger charge is 2.44. The smallest absolute Gasteiger partial charge is 0.395 e. The van der Waals surface area contributed by atoms with Gasteiger partial charge in [-0.15, -0.1) is 0 Å². The zero-order chi connectivity index (χ0) is 24.9. The zero-order valence-corrected chi connectivity index (χ0v) is 20.8. The minimum atomic E-state index is -3.85. The van der Waals surface area contributed by atoms with Crippen molar-refractivity contribution in [1.82, 2.24) is 0 Å². The van der Waals surface area contributed by atoms with Crippen molar-refractivity contribution in [1.29, 1.82) is 0 Å². The molecule has 0 aromatic heterocycles. The van der Waals surface area contributed by atoms with Gasteiger partial charge < -0.3 is 18.9 Å². The summed E-state index contributed by atoms with van der Waals surface area (Å²) in [6.07, 6.45) is 0.625. The maximum Gasteiger partial charge on any atom is 0.395 e. The van der Waals surface area contributed by atoms with E-state index in [1.165, 1.54) is 12.1 Å². The van der Waals surface area contributed by atoms with Gasteiger partial charge in [0.05, 0.1) is 17.1 Å². The van der Waals surface area contributed by atoms with Crippen LogP contribution >= 0.6 is 7.60 Å². The number of hydrogen-bond acceptors (Lipinski definition) is 7. The molecule has 34 heavy (non-hydrogen) atoms. The SMILES string of the molecule is CC(C)OP(=O)(OC(C)C)C1=C[C@@H](c2cccc([N+](=O)[O-])c2)[C@H](c2ccccc2)[C@@H](CCO)O1. The van der Waals surface area contributed by atoms with Crippen molar-refractivity contribution < 1.29 is 28.4 Å². The van der Waals surface area contributed by atoms with Crippen molar-refractivity contribution in [3.8, 4) is 0 Å². The van der Waals surface area contributed by atoms with E-state index < -0.39 is 36.7 Å². The van der Waals surface area contributed by atoms with Gasteiger partial charge in [0.1, 0.15) is 6.10 Å². The number of allylic oxidation sites excluding steroid dienone is 1. The Hall–Kier alpha value is -2.51. The lowest BCUT2D eigenvalue weighted by atomic mass is 9.76. The number of nitro groups is 1. The summed E-state index contributed by atoms with van der Waals surface area (Å²) in [5.74, 6) is -0.715. The van der Waals surface area contributed by atoms with Crippen molar-refractivity contribution in [2.45, 2.75) is 64.3 Å². The van der Waals surface area contributed by atoms with Gasteiger partial charge in [0.2, 0.25) is 5.50 Å². The first-order valence-electron chi connectivity index (χ1n) is 11.4. The number of nitrogens with zero attached hydrogens (tertiary/aromatic N) is 1. The highest BCUT2D eigenvalue weighted by Crippen LogP contribution is 2.62. The molecule has 8 nitrogen and oxygen atoms in total. The third-order valence-corrected chi connectivity index (χ3v) is 7.61. The normalized spacial score (nSPS) is 20.8. The van der Waals surface area contributed by atoms with E-state index in [1.54, 1.807) is 45.9 Å². The first kappa shape index (κ1) is 26.1. The van der Waals surface area contributed by atoms with Gasteiger partial charge in [-0.05, 0) is 44.9 Å². The molecule has 2 aromatic rings. The summed E-state index contributed by atoms with van der Waals surface area (Å²) in [5.41, 5.74) is 1.64. The summed E-state index contributed by atoms with van der Waals surface area (Å²) in [5, 5.41) is 21.3. The van der Waals surface area contributed by atoms with E-state index in [4.69, 9.17) is 13.8 Å². The summed E-state index contributed by atoms with van der Waals surface area (Å²) in [6, 6.07) is 16.0. The van der Waals surface area contributed by atoms with Gasteiger partial charge in [0.15, 0.2) is 0 Å². The van der Waals surface area contributed by atoms with Crippen molar-refractivity contribution >= 4 is 13.3 Å². The number of nitro benzene ring substituents is 1. The Morgan fingerprint density at radius 2 is 1.65 bits per heavy atom. The van der Waals surface area contributed by atoms with Crippen LogP contribution in [0.1, 0.15) is 57.1 Å². The van der Waals surface area contributed by atoms with Crippen molar-refractivity contribution in [3.05, 3.63) is 87.4 Å². The summed E-state index contributed by atoms with van der Waals surface area (Å²) in [6.45, 7) is 6.89. The molecule has 1 aliphatic rings. The lowest BCUT2D eigenvalue weighted by Crippen LogP contribution is -2.32. The Kier molecular flexibility index (Phi) is 8.66. The predicted octanol–water partition coefficient (Wildman–Crippen LogP) is 6.13. The molecule has 0 bridgehead atoms. The van der Waals surface area contributed by atoms with Crippen LogP contribution in [-0.2, 0) is 18.3 Å². The number of aliphatic hydroxyl groups is 1. The van der Waals surface area contributed by atoms with Gasteiger partial charge in [-0.25, -0.2) is 0 Å². The molecule has 1 heterocycles. The van der Waals surface area contributed by atoms with Crippen LogP contribution in [0, 0.1) is 10.1 Å². The Bertz CT molecular complexity index is 1040. The van der Waals surface area contributed by atoms with Crippen LogP contribution in [0.25, 0.3) is 0 Å². The fraction of sp³-hybridized carbons (Fsp3) is 0.440. The molecule has 0 saturated heterocycles. The van der Waals surface area contributed by atoms with Gasteiger partial charge in [-0.2, -0.15) is 0 Å². The lowest BCUT2D eigenvalue weighted by molar-refractivity contribution is -0.384. The lowest BCUT2D eigenvalue weighted by Gasteiger charge is -2.39. The van der Waals surface area contributed by atoms with Crippen LogP contribution in [0.2, 0.25) is 0 Å². The van der Waals surface area contributed by atoms with E-state index in [1.807, 2.05) is 30.3 Å². The van der Waals surface area contributed by atoms with Crippen LogP contribution in [0.4, 0.5) is 5.69 Å². The molecule has 0 saturated carbocycles. The number of benzene rings is 2. The third kappa shape index (κ3) is 6.13. The molecule has 2 aromatic carbocycles. The van der Waals surface area contributed by atoms with E-state index in [0.717, 1.165) is 5.56 Å². The monoisotopic (exact) mass is 489 g/mol. The minimum Gasteiger partial charge on any atom is -0.482 e. The molecule has 0 unspecified atom stereocenters. The predicted molar refractivity (Wildman–Crippen MR) is 130 cm³/mol. The highest BCUT2D eigenvalue weighted by atomic mass is 31.2. The fourth-order valence-corrected chi connectivity index (χ4v) is 6.18. The van der Waals surface area contributed by atoms with E-state index in [9.17, 15) is 19.8 Å². The summed E-state index contributed by atoms with van der Waals surface area (Å²) in [7, 11) is -3.85. The molecule has 0 aliphatic carbocycles. The van der Waals surface area contributed by atoms with E-state index in [2.05, 4.69) is 0 Å². The number of rotatable bonds is 10. The molecule has 1 N–H and O–H groups in total. The number of aliphatic hydroxyl groups excluding tert-OH is 1. The van der Waals surface area contributed by atoms with Crippen LogP contribution in [0.3, 0.4) is 0 Å². The Morgan fingerprint density at radius 3 is 2.21 bits per heavy atom. The second-order valence-corrected chi connectivity index (χ2v) is 10.7. The number of non-ortho nitro benzene ring substituents is 1. The summed E-state index contributed by atoms with van der Waals surface area (Å²) >= 11 is 0. The van der Waals surface area contributed by atoms with Crippen LogP contribution in [0.15, 0.2) is 66.2 Å². The molecule has 184 valence electrons. The van der Waals surface area contributed by atoms with Crippen LogP contribution in [0.5, 0.6) is 0 Å². The Morgan fingerprint density at radius 1 is 1.03 bits per heavy atom. The van der Waals surface area contributed by atoms with Gasteiger partial charge >= 0.3 is 7.60 Å². The van der Waals surface area contributed by atoms with Gasteiger partial charge in [0, 0.05) is 37.0 Å². The Balaban J connectivity index is 2.21. The molecular formula is C25H32NO7P. The fourth-order valence-electron chi connectivity index (χ4n) is 4.21. The maximum atomic E-state index is 13.9. The van der Waals surface area contributed by atoms with Crippen molar-refractivity contribution in [2.75, 3.05) is 6.61 Å². The quantitative estimate of drug-likeness (QED) is 0.243. The first-order valence-corrected chi connectivity index (χ1v) is 12.9. The van der Waals surface area contributed by atoms with Crippen molar-refractivity contribution in [3.63, 3.8) is 0 Å². The first-order chi connectivity index (χ1) is 16.1. The maximum absolute atomic E-state index is 13.9. The molecule has 0 radical (unpaired) electrons. The largest absolute Gasteiger partial charge is 0.482 e. The molecule has 3 rings (SSSR count). The van der Waals surface area contributed by atoms with Gasteiger partial charge in [0.25, 0.3) is 5.69 Å². The highest BCUT2D eigenvalue weighted by molar-refractivity contribution is 7.58. The van der Waals surface area contributed by atoms with E-state index >= 15 is 0 Å². The van der Waals surface area contributed by atoms with Crippen LogP contribution in [-0.4, -0.2) is 34.9 Å². The second-order valence-electron chi connectivity index (χ2n) is 8.79. The van der Waals surface area contributed by atoms with E-state index in [-0.39, 0.29) is 30.1 Å². The minimum absolute atomic E-state index is 0.0375. The Labute approximate surface area is 200 Å². The van der Waals surface area contributed by atoms with Crippen LogP contribution < -0.4 is 0 Å².